The molecule has 1 aliphatic rings. The highest BCUT2D eigenvalue weighted by molar-refractivity contribution is 14.0. The molecule has 0 amide bonds. The van der Waals surface area contributed by atoms with Gasteiger partial charge in [-0.1, -0.05) is 13.3 Å². The Hall–Kier alpha value is -1.07. The second-order valence-electron chi connectivity index (χ2n) is 7.37. The van der Waals surface area contributed by atoms with E-state index in [0.29, 0.717) is 29.8 Å². The number of piperidine rings is 1. The molecule has 9 heteroatoms. The highest BCUT2D eigenvalue weighted by atomic mass is 127. The quantitative estimate of drug-likeness (QED) is 0.201. The Bertz CT molecular complexity index is 741. The van der Waals surface area contributed by atoms with Crippen molar-refractivity contribution < 1.29 is 13.2 Å². The van der Waals surface area contributed by atoms with Gasteiger partial charge in [0.1, 0.15) is 12.4 Å². The van der Waals surface area contributed by atoms with Crippen LogP contribution >= 0.6 is 24.0 Å². The average molecular weight is 553 g/mol. The first-order chi connectivity index (χ1) is 13.9. The Morgan fingerprint density at radius 2 is 1.93 bits per heavy atom. The molecule has 1 aromatic rings. The van der Waals surface area contributed by atoms with Crippen LogP contribution in [0.3, 0.4) is 0 Å². The van der Waals surface area contributed by atoms with Gasteiger partial charge in [0.25, 0.3) is 0 Å². The number of hydrogen-bond donors (Lipinski definition) is 2. The fourth-order valence-electron chi connectivity index (χ4n) is 3.57. The van der Waals surface area contributed by atoms with Gasteiger partial charge in [0.2, 0.25) is 0 Å². The highest BCUT2D eigenvalue weighted by Crippen LogP contribution is 2.18. The van der Waals surface area contributed by atoms with Crippen molar-refractivity contribution >= 4 is 39.8 Å². The lowest BCUT2D eigenvalue weighted by molar-refractivity contribution is 0.148. The Labute approximate surface area is 199 Å². The lowest BCUT2D eigenvalue weighted by Crippen LogP contribution is -2.42. The molecule has 0 spiro atoms. The number of guanidine groups is 1. The molecule has 0 aliphatic carbocycles. The van der Waals surface area contributed by atoms with Crippen molar-refractivity contribution in [2.75, 3.05) is 45.6 Å². The minimum atomic E-state index is -3.18. The fourth-order valence-corrected chi connectivity index (χ4v) is 4.20. The first kappa shape index (κ1) is 27.0. The first-order valence-corrected chi connectivity index (χ1v) is 12.5. The zero-order chi connectivity index (χ0) is 21.1. The third-order valence-electron chi connectivity index (χ3n) is 5.14. The topological polar surface area (TPSA) is 83.0 Å². The van der Waals surface area contributed by atoms with E-state index in [2.05, 4.69) is 29.4 Å². The van der Waals surface area contributed by atoms with E-state index in [1.807, 2.05) is 0 Å². The van der Waals surface area contributed by atoms with Gasteiger partial charge in [-0.2, -0.15) is 0 Å². The third kappa shape index (κ3) is 9.38. The molecule has 1 aromatic carbocycles. The third-order valence-corrected chi connectivity index (χ3v) is 6.27. The molecule has 0 saturated carbocycles. The van der Waals surface area contributed by atoms with Crippen LogP contribution in [0.2, 0.25) is 0 Å². The number of halogens is 1. The van der Waals surface area contributed by atoms with E-state index in [-0.39, 0.29) is 24.0 Å². The zero-order valence-corrected chi connectivity index (χ0v) is 21.5. The average Bonchev–Trinajstić information content (AvgIpc) is 2.71. The Morgan fingerprint density at radius 1 is 1.20 bits per heavy atom. The molecule has 1 atom stereocenters. The maximum atomic E-state index is 11.5. The van der Waals surface area contributed by atoms with Gasteiger partial charge in [0.05, 0.1) is 18.0 Å². The summed E-state index contributed by atoms with van der Waals surface area (Å²) in [5.74, 6) is 1.45. The Kier molecular flexibility index (Phi) is 12.7. The van der Waals surface area contributed by atoms with Gasteiger partial charge >= 0.3 is 0 Å². The summed E-state index contributed by atoms with van der Waals surface area (Å²) in [5.41, 5.74) is 0. The number of aliphatic imine (C=N–C) groups is 1. The molecule has 7 nitrogen and oxygen atoms in total. The zero-order valence-electron chi connectivity index (χ0n) is 18.4. The summed E-state index contributed by atoms with van der Waals surface area (Å²) in [4.78, 5) is 7.55. The first-order valence-electron chi connectivity index (χ1n) is 10.6. The number of nitrogens with one attached hydrogen (secondary N) is 2. The van der Waals surface area contributed by atoms with E-state index in [4.69, 9.17) is 9.73 Å². The van der Waals surface area contributed by atoms with E-state index in [9.17, 15) is 8.42 Å². The smallest absolute Gasteiger partial charge is 0.191 e. The molecule has 2 rings (SSSR count). The molecule has 0 radical (unpaired) electrons. The lowest BCUT2D eigenvalue weighted by Gasteiger charge is -2.34. The van der Waals surface area contributed by atoms with Crippen molar-refractivity contribution in [2.24, 2.45) is 4.99 Å². The van der Waals surface area contributed by atoms with Crippen molar-refractivity contribution in [1.82, 2.24) is 15.5 Å². The molecule has 1 fully saturated rings. The van der Waals surface area contributed by atoms with Gasteiger partial charge in [0.15, 0.2) is 15.8 Å². The monoisotopic (exact) mass is 552 g/mol. The molecule has 1 aliphatic heterocycles. The predicted molar refractivity (Wildman–Crippen MR) is 134 cm³/mol. The van der Waals surface area contributed by atoms with E-state index >= 15 is 0 Å². The maximum absolute atomic E-state index is 11.5. The largest absolute Gasteiger partial charge is 0.492 e. The second kappa shape index (κ2) is 14.1. The molecular weight excluding hydrogens is 515 g/mol. The number of sulfone groups is 1. The van der Waals surface area contributed by atoms with Gasteiger partial charge in [-0.05, 0) is 57.0 Å². The van der Waals surface area contributed by atoms with Gasteiger partial charge < -0.3 is 15.4 Å². The van der Waals surface area contributed by atoms with E-state index in [0.717, 1.165) is 25.6 Å². The number of nitrogens with zero attached hydrogens (tertiary/aromatic N) is 2. The standard InChI is InChI=1S/C21H36N4O3S.HI/c1-4-18-8-6-7-15-25(18)16-13-23-21(22-5-2)24-14-17-28-19-9-11-20(12-10-19)29(3,26)27;/h9-12,18H,4-8,13-17H2,1-3H3,(H2,22,23,24);1H. The van der Waals surface area contributed by atoms with E-state index < -0.39 is 9.84 Å². The Morgan fingerprint density at radius 3 is 2.57 bits per heavy atom. The molecule has 0 bridgehead atoms. The summed E-state index contributed by atoms with van der Waals surface area (Å²) < 4.78 is 28.7. The van der Waals surface area contributed by atoms with Gasteiger partial charge in [-0.3, -0.25) is 9.89 Å². The van der Waals surface area contributed by atoms with Crippen LogP contribution in [-0.4, -0.2) is 70.9 Å². The number of likely N-dealkylation sites (tertiary alicyclic amines) is 1. The molecule has 1 saturated heterocycles. The Balaban J connectivity index is 0.00000450. The van der Waals surface area contributed by atoms with Crippen LogP contribution in [0.1, 0.15) is 39.5 Å². The van der Waals surface area contributed by atoms with Crippen LogP contribution in [0.4, 0.5) is 0 Å². The lowest BCUT2D eigenvalue weighted by atomic mass is 10.0. The molecule has 1 heterocycles. The SMILES string of the molecule is CCNC(=NCCN1CCCCC1CC)NCCOc1ccc(S(C)(=O)=O)cc1.I. The maximum Gasteiger partial charge on any atom is 0.191 e. The summed E-state index contributed by atoms with van der Waals surface area (Å²) in [7, 11) is -3.18. The van der Waals surface area contributed by atoms with Crippen LogP contribution in [0, 0.1) is 0 Å². The number of ether oxygens (including phenoxy) is 1. The fraction of sp³-hybridized carbons (Fsp3) is 0.667. The van der Waals surface area contributed by atoms with Crippen molar-refractivity contribution in [3.63, 3.8) is 0 Å². The van der Waals surface area contributed by atoms with Gasteiger partial charge in [-0.25, -0.2) is 8.42 Å². The molecule has 0 aromatic heterocycles. The highest BCUT2D eigenvalue weighted by Gasteiger charge is 2.19. The number of benzene rings is 1. The van der Waals surface area contributed by atoms with Crippen molar-refractivity contribution in [3.05, 3.63) is 24.3 Å². The molecule has 2 N–H and O–H groups in total. The van der Waals surface area contributed by atoms with Gasteiger partial charge in [-0.15, -0.1) is 24.0 Å². The molecule has 172 valence electrons. The van der Waals surface area contributed by atoms with Crippen LogP contribution < -0.4 is 15.4 Å². The number of hydrogen-bond acceptors (Lipinski definition) is 5. The van der Waals surface area contributed by atoms with Gasteiger partial charge in [0, 0.05) is 25.4 Å². The van der Waals surface area contributed by atoms with Crippen LogP contribution in [0.5, 0.6) is 5.75 Å². The summed E-state index contributed by atoms with van der Waals surface area (Å²) >= 11 is 0. The molecule has 1 unspecified atom stereocenters. The summed E-state index contributed by atoms with van der Waals surface area (Å²) in [6, 6.07) is 7.19. The summed E-state index contributed by atoms with van der Waals surface area (Å²) in [6.45, 7) is 9.16. The van der Waals surface area contributed by atoms with Crippen LogP contribution in [0.15, 0.2) is 34.2 Å². The van der Waals surface area contributed by atoms with E-state index in [1.165, 1.54) is 38.5 Å². The summed E-state index contributed by atoms with van der Waals surface area (Å²) in [6.07, 6.45) is 6.36. The number of rotatable bonds is 10. The molecular formula is C21H37IN4O3S. The normalized spacial score (nSPS) is 17.8. The van der Waals surface area contributed by atoms with Crippen molar-refractivity contribution in [1.29, 1.82) is 0 Å². The minimum absolute atomic E-state index is 0. The van der Waals surface area contributed by atoms with Crippen molar-refractivity contribution in [2.45, 2.75) is 50.5 Å². The summed E-state index contributed by atoms with van der Waals surface area (Å²) in [5, 5.41) is 6.56. The van der Waals surface area contributed by atoms with Crippen LogP contribution in [0.25, 0.3) is 0 Å². The van der Waals surface area contributed by atoms with Crippen LogP contribution in [-0.2, 0) is 9.84 Å². The molecule has 30 heavy (non-hydrogen) atoms. The van der Waals surface area contributed by atoms with E-state index in [1.54, 1.807) is 24.3 Å². The second-order valence-corrected chi connectivity index (χ2v) is 9.39. The van der Waals surface area contributed by atoms with Crippen molar-refractivity contribution in [3.8, 4) is 5.75 Å². The minimum Gasteiger partial charge on any atom is -0.492 e. The predicted octanol–water partition coefficient (Wildman–Crippen LogP) is 2.91.